The Labute approximate surface area is 139 Å². The Hall–Kier alpha value is -1.10. The van der Waals surface area contributed by atoms with Gasteiger partial charge in [0.1, 0.15) is 11.3 Å². The normalized spacial score (nSPS) is 11.2. The maximum atomic E-state index is 13.9. The molecule has 108 valence electrons. The standard InChI is InChI=1S/C15H10BrCl2FN2/c16-10-8-9(4-5-11(10)18)21-13-3-1-2-12(19)15(13)20-14(21)6-7-17/h1-5,8H,6-7H2. The van der Waals surface area contributed by atoms with Gasteiger partial charge in [-0.3, -0.25) is 4.57 Å². The van der Waals surface area contributed by atoms with Crippen LogP contribution in [0.2, 0.25) is 5.02 Å². The molecule has 0 radical (unpaired) electrons. The van der Waals surface area contributed by atoms with Crippen LogP contribution in [0.5, 0.6) is 0 Å². The average Bonchev–Trinajstić information content (AvgIpc) is 2.82. The Morgan fingerprint density at radius 2 is 2.05 bits per heavy atom. The molecule has 1 aromatic heterocycles. The van der Waals surface area contributed by atoms with Crippen LogP contribution >= 0.6 is 39.1 Å². The molecule has 0 fully saturated rings. The quantitative estimate of drug-likeness (QED) is 0.553. The molecule has 2 nitrogen and oxygen atoms in total. The van der Waals surface area contributed by atoms with Gasteiger partial charge >= 0.3 is 0 Å². The predicted molar refractivity (Wildman–Crippen MR) is 88.2 cm³/mol. The van der Waals surface area contributed by atoms with E-state index in [2.05, 4.69) is 20.9 Å². The Morgan fingerprint density at radius 1 is 1.24 bits per heavy atom. The van der Waals surface area contributed by atoms with Gasteiger partial charge in [-0.05, 0) is 46.3 Å². The van der Waals surface area contributed by atoms with Crippen molar-refractivity contribution in [3.05, 3.63) is 57.5 Å². The fourth-order valence-corrected chi connectivity index (χ4v) is 2.93. The van der Waals surface area contributed by atoms with E-state index in [-0.39, 0.29) is 5.82 Å². The van der Waals surface area contributed by atoms with E-state index in [4.69, 9.17) is 23.2 Å². The predicted octanol–water partition coefficient (Wildman–Crippen LogP) is 5.36. The number of para-hydroxylation sites is 1. The maximum Gasteiger partial charge on any atom is 0.151 e. The van der Waals surface area contributed by atoms with Crippen LogP contribution in [0.15, 0.2) is 40.9 Å². The Balaban J connectivity index is 2.30. The van der Waals surface area contributed by atoms with Crippen molar-refractivity contribution in [2.24, 2.45) is 0 Å². The molecule has 0 amide bonds. The number of nitrogens with zero attached hydrogens (tertiary/aromatic N) is 2. The van der Waals surface area contributed by atoms with Gasteiger partial charge in [-0.2, -0.15) is 0 Å². The molecule has 0 atom stereocenters. The molecular weight excluding hydrogens is 378 g/mol. The lowest BCUT2D eigenvalue weighted by molar-refractivity contribution is 0.637. The number of hydrogen-bond donors (Lipinski definition) is 0. The van der Waals surface area contributed by atoms with Crippen LogP contribution in [0.1, 0.15) is 5.82 Å². The molecule has 0 saturated carbocycles. The molecule has 3 rings (SSSR count). The van der Waals surface area contributed by atoms with Gasteiger partial charge in [0.15, 0.2) is 5.82 Å². The largest absolute Gasteiger partial charge is 0.296 e. The highest BCUT2D eigenvalue weighted by atomic mass is 79.9. The van der Waals surface area contributed by atoms with E-state index in [0.717, 1.165) is 16.0 Å². The second-order valence-corrected chi connectivity index (χ2v) is 6.15. The summed E-state index contributed by atoms with van der Waals surface area (Å²) >= 11 is 15.3. The van der Waals surface area contributed by atoms with Gasteiger partial charge in [-0.1, -0.05) is 17.7 Å². The van der Waals surface area contributed by atoms with E-state index in [9.17, 15) is 4.39 Å². The van der Waals surface area contributed by atoms with Gasteiger partial charge in [-0.25, -0.2) is 9.37 Å². The molecule has 0 unspecified atom stereocenters. The second kappa shape index (κ2) is 5.95. The number of aryl methyl sites for hydroxylation is 1. The number of hydrogen-bond acceptors (Lipinski definition) is 1. The summed E-state index contributed by atoms with van der Waals surface area (Å²) in [5.74, 6) is 0.800. The first-order valence-electron chi connectivity index (χ1n) is 6.29. The highest BCUT2D eigenvalue weighted by Crippen LogP contribution is 2.29. The number of benzene rings is 2. The van der Waals surface area contributed by atoms with Crippen LogP contribution in [0.4, 0.5) is 4.39 Å². The van der Waals surface area contributed by atoms with Crippen LogP contribution in [0.3, 0.4) is 0 Å². The van der Waals surface area contributed by atoms with Crippen molar-refractivity contribution in [1.82, 2.24) is 9.55 Å². The zero-order valence-corrected chi connectivity index (χ0v) is 13.9. The van der Waals surface area contributed by atoms with Crippen LogP contribution < -0.4 is 0 Å². The van der Waals surface area contributed by atoms with Crippen molar-refractivity contribution in [3.8, 4) is 5.69 Å². The lowest BCUT2D eigenvalue weighted by Gasteiger charge is -2.09. The topological polar surface area (TPSA) is 17.8 Å². The zero-order chi connectivity index (χ0) is 15.0. The van der Waals surface area contributed by atoms with Gasteiger partial charge in [0.25, 0.3) is 0 Å². The number of halogens is 4. The van der Waals surface area contributed by atoms with E-state index in [1.165, 1.54) is 6.07 Å². The molecule has 6 heteroatoms. The monoisotopic (exact) mass is 386 g/mol. The Bertz CT molecular complexity index is 817. The third kappa shape index (κ3) is 2.68. The number of aromatic nitrogens is 2. The molecule has 0 aliphatic heterocycles. The molecular formula is C15H10BrCl2FN2. The molecule has 0 N–H and O–H groups in total. The highest BCUT2D eigenvalue weighted by molar-refractivity contribution is 9.10. The first-order chi connectivity index (χ1) is 10.1. The summed E-state index contributed by atoms with van der Waals surface area (Å²) in [6, 6.07) is 10.5. The smallest absolute Gasteiger partial charge is 0.151 e. The van der Waals surface area contributed by atoms with E-state index in [1.54, 1.807) is 12.1 Å². The lowest BCUT2D eigenvalue weighted by Crippen LogP contribution is -2.02. The summed E-state index contributed by atoms with van der Waals surface area (Å²) in [5.41, 5.74) is 1.92. The summed E-state index contributed by atoms with van der Waals surface area (Å²) in [5, 5.41) is 0.619. The number of imidazole rings is 1. The van der Waals surface area contributed by atoms with Crippen molar-refractivity contribution >= 4 is 50.2 Å². The number of rotatable bonds is 3. The summed E-state index contributed by atoms with van der Waals surface area (Å²) in [7, 11) is 0. The zero-order valence-electron chi connectivity index (χ0n) is 10.8. The van der Waals surface area contributed by atoms with Crippen LogP contribution in [-0.4, -0.2) is 15.4 Å². The minimum Gasteiger partial charge on any atom is -0.296 e. The molecule has 0 spiro atoms. The fourth-order valence-electron chi connectivity index (χ4n) is 2.28. The molecule has 0 saturated heterocycles. The van der Waals surface area contributed by atoms with Crippen molar-refractivity contribution in [3.63, 3.8) is 0 Å². The van der Waals surface area contributed by atoms with Gasteiger partial charge in [-0.15, -0.1) is 11.6 Å². The lowest BCUT2D eigenvalue weighted by atomic mass is 10.2. The van der Waals surface area contributed by atoms with Crippen LogP contribution in [0, 0.1) is 5.82 Å². The molecule has 0 aliphatic rings. The minimum atomic E-state index is -0.338. The SMILES string of the molecule is Fc1cccc2c1nc(CCCl)n2-c1ccc(Cl)c(Br)c1. The van der Waals surface area contributed by atoms with Crippen molar-refractivity contribution < 1.29 is 4.39 Å². The van der Waals surface area contributed by atoms with Crippen molar-refractivity contribution in [2.75, 3.05) is 5.88 Å². The summed E-state index contributed by atoms with van der Waals surface area (Å²) in [6.45, 7) is 0. The number of alkyl halides is 1. The van der Waals surface area contributed by atoms with Gasteiger partial charge in [0.2, 0.25) is 0 Å². The third-order valence-corrected chi connectivity index (χ3v) is 4.59. The van der Waals surface area contributed by atoms with Gasteiger partial charge < -0.3 is 0 Å². The van der Waals surface area contributed by atoms with Crippen molar-refractivity contribution in [2.45, 2.75) is 6.42 Å². The van der Waals surface area contributed by atoms with Crippen LogP contribution in [0.25, 0.3) is 16.7 Å². The fraction of sp³-hybridized carbons (Fsp3) is 0.133. The molecule has 3 aromatic rings. The average molecular weight is 388 g/mol. The Kier molecular flexibility index (Phi) is 4.20. The first kappa shape index (κ1) is 14.8. The molecule has 0 bridgehead atoms. The molecule has 1 heterocycles. The molecule has 2 aromatic carbocycles. The van der Waals surface area contributed by atoms with Crippen molar-refractivity contribution in [1.29, 1.82) is 0 Å². The summed E-state index contributed by atoms with van der Waals surface area (Å²) < 4.78 is 16.6. The highest BCUT2D eigenvalue weighted by Gasteiger charge is 2.15. The van der Waals surface area contributed by atoms with Gasteiger partial charge in [0, 0.05) is 22.5 Å². The van der Waals surface area contributed by atoms with E-state index >= 15 is 0 Å². The molecule has 0 aliphatic carbocycles. The minimum absolute atomic E-state index is 0.338. The third-order valence-electron chi connectivity index (χ3n) is 3.18. The maximum absolute atomic E-state index is 13.9. The molecule has 21 heavy (non-hydrogen) atoms. The second-order valence-electron chi connectivity index (χ2n) is 4.51. The summed E-state index contributed by atoms with van der Waals surface area (Å²) in [4.78, 5) is 4.39. The number of fused-ring (bicyclic) bond motifs is 1. The Morgan fingerprint density at radius 3 is 2.76 bits per heavy atom. The van der Waals surface area contributed by atoms with Gasteiger partial charge in [0.05, 0.1) is 10.5 Å². The van der Waals surface area contributed by atoms with Crippen LogP contribution in [-0.2, 0) is 6.42 Å². The van der Waals surface area contributed by atoms with E-state index < -0.39 is 0 Å². The van der Waals surface area contributed by atoms with E-state index in [0.29, 0.717) is 28.4 Å². The van der Waals surface area contributed by atoms with E-state index in [1.807, 2.05) is 22.8 Å². The summed E-state index contributed by atoms with van der Waals surface area (Å²) in [6.07, 6.45) is 0.552. The first-order valence-corrected chi connectivity index (χ1v) is 7.99.